The van der Waals surface area contributed by atoms with Crippen LogP contribution >= 0.6 is 0 Å². The lowest BCUT2D eigenvalue weighted by atomic mass is 10.0. The summed E-state index contributed by atoms with van der Waals surface area (Å²) in [6.07, 6.45) is 1.59. The van der Waals surface area contributed by atoms with Gasteiger partial charge < -0.3 is 0 Å². The predicted octanol–water partition coefficient (Wildman–Crippen LogP) is 3.59. The van der Waals surface area contributed by atoms with Crippen molar-refractivity contribution in [3.8, 4) is 6.07 Å². The van der Waals surface area contributed by atoms with Gasteiger partial charge in [0.1, 0.15) is 0 Å². The molecule has 0 unspecified atom stereocenters. The Morgan fingerprint density at radius 2 is 2.00 bits per heavy atom. The molecule has 0 aliphatic carbocycles. The summed E-state index contributed by atoms with van der Waals surface area (Å²) >= 11 is 0. The van der Waals surface area contributed by atoms with Crippen LogP contribution in [0.25, 0.3) is 10.9 Å². The Labute approximate surface area is 90.3 Å². The third-order valence-electron chi connectivity index (χ3n) is 2.14. The zero-order valence-corrected chi connectivity index (χ0v) is 8.86. The van der Waals surface area contributed by atoms with Crippen LogP contribution in [-0.4, -0.2) is 0 Å². The minimum atomic E-state index is 0.118. The zero-order chi connectivity index (χ0) is 11.3. The van der Waals surface area contributed by atoms with Crippen molar-refractivity contribution in [1.29, 1.82) is 5.26 Å². The molecule has 0 N–H and O–H groups in total. The molecular formula is C13H12N2. The number of nitriles is 1. The zero-order valence-electron chi connectivity index (χ0n) is 8.86. The highest BCUT2D eigenvalue weighted by Crippen LogP contribution is 2.16. The van der Waals surface area contributed by atoms with E-state index in [0.717, 1.165) is 5.56 Å². The summed E-state index contributed by atoms with van der Waals surface area (Å²) in [5.74, 6) is 0.499. The van der Waals surface area contributed by atoms with Crippen LogP contribution in [-0.2, 0) is 0 Å². The first-order valence-electron chi connectivity index (χ1n) is 4.76. The van der Waals surface area contributed by atoms with E-state index in [1.54, 1.807) is 6.08 Å². The van der Waals surface area contributed by atoms with Crippen molar-refractivity contribution in [3.05, 3.63) is 52.5 Å². The average molecular weight is 196 g/mol. The number of nitrogens with zero attached hydrogens (tertiary/aromatic N) is 2. The van der Waals surface area contributed by atoms with Gasteiger partial charge in [0.2, 0.25) is 0 Å². The molecule has 0 saturated heterocycles. The monoisotopic (exact) mass is 196 g/mol. The van der Waals surface area contributed by atoms with E-state index < -0.39 is 0 Å². The standard InChI is InChI=1S/C13H12N2/c1-10(2)12-6-4-11(5-7-12)8-13(9-14)15-3/h4-8,10H,1-2H3/b13-8-. The fourth-order valence-corrected chi connectivity index (χ4v) is 1.22. The summed E-state index contributed by atoms with van der Waals surface area (Å²) in [4.78, 5) is 3.11. The quantitative estimate of drug-likeness (QED) is 0.524. The molecule has 0 bridgehead atoms. The summed E-state index contributed by atoms with van der Waals surface area (Å²) in [7, 11) is 0. The van der Waals surface area contributed by atoms with Crippen molar-refractivity contribution in [1.82, 2.24) is 0 Å². The van der Waals surface area contributed by atoms with Gasteiger partial charge in [-0.25, -0.2) is 10.1 Å². The second-order valence-electron chi connectivity index (χ2n) is 3.57. The number of hydrogen-bond acceptors (Lipinski definition) is 1. The molecule has 1 aromatic carbocycles. The second-order valence-corrected chi connectivity index (χ2v) is 3.57. The molecule has 15 heavy (non-hydrogen) atoms. The molecule has 0 heterocycles. The SMILES string of the molecule is [C-]#[N+]/C(C#N)=C\c1ccc(C(C)C)cc1. The highest BCUT2D eigenvalue weighted by atomic mass is 14.7. The van der Waals surface area contributed by atoms with E-state index in [0.29, 0.717) is 5.92 Å². The highest BCUT2D eigenvalue weighted by molar-refractivity contribution is 5.59. The third-order valence-corrected chi connectivity index (χ3v) is 2.14. The van der Waals surface area contributed by atoms with Crippen molar-refractivity contribution in [2.24, 2.45) is 0 Å². The first-order valence-corrected chi connectivity index (χ1v) is 4.76. The molecular weight excluding hydrogens is 184 g/mol. The van der Waals surface area contributed by atoms with Gasteiger partial charge >= 0.3 is 0 Å². The summed E-state index contributed by atoms with van der Waals surface area (Å²) in [5, 5.41) is 8.60. The lowest BCUT2D eigenvalue weighted by molar-refractivity contribution is 0.866. The summed E-state index contributed by atoms with van der Waals surface area (Å²) in [6, 6.07) is 9.75. The predicted molar refractivity (Wildman–Crippen MR) is 60.7 cm³/mol. The van der Waals surface area contributed by atoms with Gasteiger partial charge in [0.15, 0.2) is 0 Å². The summed E-state index contributed by atoms with van der Waals surface area (Å²) < 4.78 is 0. The first kappa shape index (κ1) is 11.0. The Morgan fingerprint density at radius 3 is 2.40 bits per heavy atom. The largest absolute Gasteiger partial charge is 0.262 e. The maximum atomic E-state index is 8.60. The fraction of sp³-hybridized carbons (Fsp3) is 0.231. The maximum Gasteiger partial charge on any atom is 0.262 e. The number of rotatable bonds is 2. The van der Waals surface area contributed by atoms with Crippen LogP contribution in [0.5, 0.6) is 0 Å². The van der Waals surface area contributed by atoms with Crippen molar-refractivity contribution < 1.29 is 0 Å². The lowest BCUT2D eigenvalue weighted by Crippen LogP contribution is -1.86. The molecule has 0 radical (unpaired) electrons. The molecule has 2 heteroatoms. The van der Waals surface area contributed by atoms with E-state index >= 15 is 0 Å². The van der Waals surface area contributed by atoms with E-state index in [2.05, 4.69) is 18.7 Å². The number of allylic oxidation sites excluding steroid dienone is 1. The molecule has 74 valence electrons. The molecule has 1 rings (SSSR count). The number of hydrogen-bond donors (Lipinski definition) is 0. The van der Waals surface area contributed by atoms with Gasteiger partial charge in [0.05, 0.1) is 12.6 Å². The summed E-state index contributed by atoms with van der Waals surface area (Å²) in [6.45, 7) is 11.0. The Bertz CT molecular complexity index is 423. The maximum absolute atomic E-state index is 8.60. The molecule has 0 saturated carbocycles. The number of benzene rings is 1. The molecule has 0 amide bonds. The molecule has 0 fully saturated rings. The molecule has 0 atom stereocenters. The highest BCUT2D eigenvalue weighted by Gasteiger charge is 1.98. The Hall–Kier alpha value is -2.06. The third kappa shape index (κ3) is 2.97. The van der Waals surface area contributed by atoms with E-state index in [4.69, 9.17) is 11.8 Å². The summed E-state index contributed by atoms with van der Waals surface area (Å²) in [5.41, 5.74) is 2.27. The molecule has 2 nitrogen and oxygen atoms in total. The van der Waals surface area contributed by atoms with Crippen LogP contribution < -0.4 is 0 Å². The van der Waals surface area contributed by atoms with Crippen LogP contribution in [0.4, 0.5) is 0 Å². The fourth-order valence-electron chi connectivity index (χ4n) is 1.22. The smallest absolute Gasteiger partial charge is 0.227 e. The van der Waals surface area contributed by atoms with Crippen LogP contribution in [0.2, 0.25) is 0 Å². The van der Waals surface area contributed by atoms with Gasteiger partial charge in [-0.15, -0.1) is 0 Å². The van der Waals surface area contributed by atoms with Crippen molar-refractivity contribution >= 4 is 6.08 Å². The Kier molecular flexibility index (Phi) is 3.66. The van der Waals surface area contributed by atoms with Gasteiger partial charge in [-0.2, -0.15) is 0 Å². The van der Waals surface area contributed by atoms with Crippen molar-refractivity contribution in [2.45, 2.75) is 19.8 Å². The first-order chi connectivity index (χ1) is 7.17. The normalized spacial score (nSPS) is 10.9. The topological polar surface area (TPSA) is 28.1 Å². The van der Waals surface area contributed by atoms with Gasteiger partial charge in [0, 0.05) is 0 Å². The Balaban J connectivity index is 2.97. The minimum absolute atomic E-state index is 0.118. The van der Waals surface area contributed by atoms with Gasteiger partial charge in [-0.3, -0.25) is 0 Å². The van der Waals surface area contributed by atoms with Crippen LogP contribution in [0.3, 0.4) is 0 Å². The molecule has 1 aromatic rings. The minimum Gasteiger partial charge on any atom is -0.227 e. The van der Waals surface area contributed by atoms with Crippen LogP contribution in [0.1, 0.15) is 30.9 Å². The van der Waals surface area contributed by atoms with E-state index in [9.17, 15) is 0 Å². The lowest BCUT2D eigenvalue weighted by Gasteiger charge is -2.04. The van der Waals surface area contributed by atoms with Crippen molar-refractivity contribution in [2.75, 3.05) is 0 Å². The average Bonchev–Trinajstić information content (AvgIpc) is 2.26. The van der Waals surface area contributed by atoms with Gasteiger partial charge in [0.25, 0.3) is 5.70 Å². The molecule has 0 aromatic heterocycles. The Morgan fingerprint density at radius 1 is 1.40 bits per heavy atom. The van der Waals surface area contributed by atoms with Crippen LogP contribution in [0.15, 0.2) is 30.0 Å². The van der Waals surface area contributed by atoms with Crippen molar-refractivity contribution in [3.63, 3.8) is 0 Å². The van der Waals surface area contributed by atoms with Gasteiger partial charge in [-0.1, -0.05) is 38.1 Å². The molecule has 0 aliphatic rings. The van der Waals surface area contributed by atoms with E-state index in [-0.39, 0.29) is 5.70 Å². The molecule has 0 spiro atoms. The van der Waals surface area contributed by atoms with Gasteiger partial charge in [-0.05, 0) is 23.1 Å². The second kappa shape index (κ2) is 4.98. The molecule has 0 aliphatic heterocycles. The van der Waals surface area contributed by atoms with Crippen LogP contribution in [0, 0.1) is 17.9 Å². The van der Waals surface area contributed by atoms with E-state index in [1.807, 2.05) is 30.3 Å². The van der Waals surface area contributed by atoms with E-state index in [1.165, 1.54) is 5.56 Å².